The number of carbonyl (C=O) groups excluding carboxylic acids is 1. The Morgan fingerprint density at radius 2 is 2.13 bits per heavy atom. The van der Waals surface area contributed by atoms with Gasteiger partial charge in [0.25, 0.3) is 0 Å². The maximum atomic E-state index is 11.9. The summed E-state index contributed by atoms with van der Waals surface area (Å²) in [6.45, 7) is 5.63. The van der Waals surface area contributed by atoms with E-state index in [1.54, 1.807) is 6.07 Å². The highest BCUT2D eigenvalue weighted by Crippen LogP contribution is 2.14. The van der Waals surface area contributed by atoms with Gasteiger partial charge in [0.15, 0.2) is 11.4 Å². The minimum Gasteiger partial charge on any atom is -0.294 e. The second kappa shape index (κ2) is 3.46. The van der Waals surface area contributed by atoms with Crippen LogP contribution in [0, 0.1) is 12.8 Å². The maximum absolute atomic E-state index is 11.9. The molecule has 15 heavy (non-hydrogen) atoms. The van der Waals surface area contributed by atoms with E-state index in [0.717, 1.165) is 5.82 Å². The third kappa shape index (κ3) is 1.52. The molecular weight excluding hydrogens is 190 g/mol. The molecule has 0 saturated carbocycles. The average Bonchev–Trinajstić information content (AvgIpc) is 2.59. The van der Waals surface area contributed by atoms with Crippen molar-refractivity contribution in [3.05, 3.63) is 29.7 Å². The summed E-state index contributed by atoms with van der Waals surface area (Å²) in [5.41, 5.74) is 1.29. The Morgan fingerprint density at radius 3 is 2.80 bits per heavy atom. The first-order valence-corrected chi connectivity index (χ1v) is 4.96. The number of hydrogen-bond donors (Lipinski definition) is 0. The van der Waals surface area contributed by atoms with Crippen molar-refractivity contribution in [3.63, 3.8) is 0 Å². The van der Waals surface area contributed by atoms with E-state index in [4.69, 9.17) is 0 Å². The maximum Gasteiger partial charge on any atom is 0.171 e. The first kappa shape index (κ1) is 9.83. The second-order valence-corrected chi connectivity index (χ2v) is 3.88. The zero-order valence-corrected chi connectivity index (χ0v) is 9.06. The van der Waals surface area contributed by atoms with Gasteiger partial charge in [0, 0.05) is 12.1 Å². The number of rotatable bonds is 2. The van der Waals surface area contributed by atoms with E-state index in [0.29, 0.717) is 11.2 Å². The average molecular weight is 203 g/mol. The smallest absolute Gasteiger partial charge is 0.171 e. The molecule has 0 amide bonds. The Bertz CT molecular complexity index is 514. The van der Waals surface area contributed by atoms with Crippen molar-refractivity contribution in [1.29, 1.82) is 0 Å². The Kier molecular flexibility index (Phi) is 2.26. The van der Waals surface area contributed by atoms with E-state index in [1.807, 2.05) is 37.4 Å². The number of ketones is 1. The highest BCUT2D eigenvalue weighted by atomic mass is 16.1. The van der Waals surface area contributed by atoms with Crippen molar-refractivity contribution < 1.29 is 4.79 Å². The van der Waals surface area contributed by atoms with E-state index >= 15 is 0 Å². The van der Waals surface area contributed by atoms with Crippen LogP contribution in [0.4, 0.5) is 0 Å². The molecular formula is C11H13N3O. The predicted molar refractivity (Wildman–Crippen MR) is 56.9 cm³/mol. The van der Waals surface area contributed by atoms with Crippen LogP contribution in [0.3, 0.4) is 0 Å². The SMILES string of the molecule is Cc1nnc2c(C(=O)C(C)C)cccn12. The molecule has 0 aliphatic rings. The summed E-state index contributed by atoms with van der Waals surface area (Å²) >= 11 is 0. The Hall–Kier alpha value is -1.71. The minimum absolute atomic E-state index is 0.0202. The highest BCUT2D eigenvalue weighted by Gasteiger charge is 2.15. The van der Waals surface area contributed by atoms with Crippen molar-refractivity contribution in [2.24, 2.45) is 5.92 Å². The fourth-order valence-electron chi connectivity index (χ4n) is 1.53. The number of aryl methyl sites for hydroxylation is 1. The monoisotopic (exact) mass is 203 g/mol. The Balaban J connectivity index is 2.66. The van der Waals surface area contributed by atoms with Crippen molar-refractivity contribution in [2.45, 2.75) is 20.8 Å². The minimum atomic E-state index is -0.0202. The van der Waals surface area contributed by atoms with Crippen LogP contribution in [0.5, 0.6) is 0 Å². The fraction of sp³-hybridized carbons (Fsp3) is 0.364. The fourth-order valence-corrected chi connectivity index (χ4v) is 1.53. The summed E-state index contributed by atoms with van der Waals surface area (Å²) in [7, 11) is 0. The van der Waals surface area contributed by atoms with Crippen LogP contribution in [-0.4, -0.2) is 20.4 Å². The third-order valence-corrected chi connectivity index (χ3v) is 2.40. The zero-order chi connectivity index (χ0) is 11.0. The molecule has 0 bridgehead atoms. The van der Waals surface area contributed by atoms with Crippen LogP contribution >= 0.6 is 0 Å². The summed E-state index contributed by atoms with van der Waals surface area (Å²) in [6, 6.07) is 3.64. The van der Waals surface area contributed by atoms with Gasteiger partial charge in [-0.2, -0.15) is 0 Å². The molecule has 0 N–H and O–H groups in total. The molecule has 4 heteroatoms. The third-order valence-electron chi connectivity index (χ3n) is 2.40. The van der Waals surface area contributed by atoms with Gasteiger partial charge < -0.3 is 0 Å². The van der Waals surface area contributed by atoms with Crippen LogP contribution in [0.2, 0.25) is 0 Å². The number of aromatic nitrogens is 3. The lowest BCUT2D eigenvalue weighted by Gasteiger charge is -2.04. The van der Waals surface area contributed by atoms with Gasteiger partial charge in [-0.1, -0.05) is 13.8 Å². The number of Topliss-reactive ketones (excluding diaryl/α,β-unsaturated/α-hetero) is 1. The quantitative estimate of drug-likeness (QED) is 0.700. The molecule has 0 atom stereocenters. The van der Waals surface area contributed by atoms with Crippen LogP contribution in [0.25, 0.3) is 5.65 Å². The predicted octanol–water partition coefficient (Wildman–Crippen LogP) is 1.88. The zero-order valence-electron chi connectivity index (χ0n) is 9.06. The Morgan fingerprint density at radius 1 is 1.40 bits per heavy atom. The van der Waals surface area contributed by atoms with Crippen molar-refractivity contribution in [1.82, 2.24) is 14.6 Å². The van der Waals surface area contributed by atoms with Gasteiger partial charge in [-0.3, -0.25) is 9.20 Å². The summed E-state index contributed by atoms with van der Waals surface area (Å²) in [6.07, 6.45) is 1.86. The molecule has 0 fully saturated rings. The van der Waals surface area contributed by atoms with Gasteiger partial charge in [-0.25, -0.2) is 0 Å². The van der Waals surface area contributed by atoms with Gasteiger partial charge in [-0.15, -0.1) is 10.2 Å². The molecule has 4 nitrogen and oxygen atoms in total. The molecule has 2 aromatic rings. The normalized spacial score (nSPS) is 11.2. The standard InChI is InChI=1S/C11H13N3O/c1-7(2)10(15)9-5-4-6-14-8(3)12-13-11(9)14/h4-7H,1-3H3. The van der Waals surface area contributed by atoms with E-state index in [-0.39, 0.29) is 11.7 Å². The van der Waals surface area contributed by atoms with Crippen LogP contribution in [-0.2, 0) is 0 Å². The number of nitrogens with zero attached hydrogens (tertiary/aromatic N) is 3. The molecule has 0 aromatic carbocycles. The molecule has 0 aliphatic heterocycles. The Labute approximate surface area is 87.9 Å². The lowest BCUT2D eigenvalue weighted by molar-refractivity contribution is 0.0940. The van der Waals surface area contributed by atoms with Gasteiger partial charge in [0.05, 0.1) is 5.56 Å². The topological polar surface area (TPSA) is 47.3 Å². The molecule has 78 valence electrons. The summed E-state index contributed by atoms with van der Waals surface area (Å²) in [5, 5.41) is 7.97. The summed E-state index contributed by atoms with van der Waals surface area (Å²) < 4.78 is 1.83. The highest BCUT2D eigenvalue weighted by molar-refractivity contribution is 6.02. The van der Waals surface area contributed by atoms with Crippen LogP contribution in [0.15, 0.2) is 18.3 Å². The number of fused-ring (bicyclic) bond motifs is 1. The molecule has 0 spiro atoms. The lowest BCUT2D eigenvalue weighted by Crippen LogP contribution is -2.09. The second-order valence-electron chi connectivity index (χ2n) is 3.88. The summed E-state index contributed by atoms with van der Waals surface area (Å²) in [5.74, 6) is 0.879. The first-order chi connectivity index (χ1) is 7.11. The molecule has 2 heterocycles. The molecule has 0 unspecified atom stereocenters. The van der Waals surface area contributed by atoms with Gasteiger partial charge in [0.1, 0.15) is 5.82 Å². The van der Waals surface area contributed by atoms with E-state index in [1.165, 1.54) is 0 Å². The van der Waals surface area contributed by atoms with Crippen molar-refractivity contribution >= 4 is 11.4 Å². The van der Waals surface area contributed by atoms with Crippen LogP contribution in [0.1, 0.15) is 30.0 Å². The summed E-state index contributed by atoms with van der Waals surface area (Å²) in [4.78, 5) is 11.9. The van der Waals surface area contributed by atoms with Gasteiger partial charge >= 0.3 is 0 Å². The number of carbonyl (C=O) groups is 1. The molecule has 0 saturated heterocycles. The molecule has 0 aliphatic carbocycles. The van der Waals surface area contributed by atoms with Gasteiger partial charge in [0.2, 0.25) is 0 Å². The van der Waals surface area contributed by atoms with E-state index < -0.39 is 0 Å². The van der Waals surface area contributed by atoms with Crippen molar-refractivity contribution in [3.8, 4) is 0 Å². The lowest BCUT2D eigenvalue weighted by atomic mass is 10.0. The molecule has 2 rings (SSSR count). The molecule has 2 aromatic heterocycles. The van der Waals surface area contributed by atoms with Crippen LogP contribution < -0.4 is 0 Å². The number of hydrogen-bond acceptors (Lipinski definition) is 3. The van der Waals surface area contributed by atoms with Gasteiger partial charge in [-0.05, 0) is 19.1 Å². The number of pyridine rings is 1. The van der Waals surface area contributed by atoms with E-state index in [2.05, 4.69) is 10.2 Å². The largest absolute Gasteiger partial charge is 0.294 e. The molecule has 0 radical (unpaired) electrons. The first-order valence-electron chi connectivity index (χ1n) is 4.96. The van der Waals surface area contributed by atoms with Crippen molar-refractivity contribution in [2.75, 3.05) is 0 Å². The van der Waals surface area contributed by atoms with E-state index in [9.17, 15) is 4.79 Å².